The van der Waals surface area contributed by atoms with Gasteiger partial charge in [-0.05, 0) is 43.4 Å². The molecule has 7 heteroatoms. The summed E-state index contributed by atoms with van der Waals surface area (Å²) in [6.45, 7) is 7.81. The number of hydrogen-bond acceptors (Lipinski definition) is 5. The molecular weight excluding hydrogens is 438 g/mol. The Morgan fingerprint density at radius 3 is 2.51 bits per heavy atom. The summed E-state index contributed by atoms with van der Waals surface area (Å²) in [7, 11) is 0. The molecule has 0 spiro atoms. The average Bonchev–Trinajstić information content (AvgIpc) is 2.89. The zero-order valence-corrected chi connectivity index (χ0v) is 20.5. The van der Waals surface area contributed by atoms with Crippen LogP contribution in [-0.4, -0.2) is 40.5 Å². The minimum atomic E-state index is -0.0881. The van der Waals surface area contributed by atoms with Crippen molar-refractivity contribution in [3.63, 3.8) is 0 Å². The third-order valence-corrected chi connectivity index (χ3v) is 6.89. The second kappa shape index (κ2) is 10.3. The van der Waals surface area contributed by atoms with Crippen molar-refractivity contribution in [1.29, 1.82) is 0 Å². The smallest absolute Gasteiger partial charge is 0.317 e. The Morgan fingerprint density at radius 1 is 1.03 bits per heavy atom. The van der Waals surface area contributed by atoms with Crippen LogP contribution in [0.4, 0.5) is 10.7 Å². The molecule has 1 saturated heterocycles. The van der Waals surface area contributed by atoms with Crippen molar-refractivity contribution >= 4 is 12.0 Å². The van der Waals surface area contributed by atoms with Gasteiger partial charge < -0.3 is 19.9 Å². The van der Waals surface area contributed by atoms with Gasteiger partial charge in [0.2, 0.25) is 11.8 Å². The summed E-state index contributed by atoms with van der Waals surface area (Å²) in [5.74, 6) is 2.75. The molecule has 0 unspecified atom stereocenters. The summed E-state index contributed by atoms with van der Waals surface area (Å²) >= 11 is 0. The first-order valence-corrected chi connectivity index (χ1v) is 12.5. The first kappa shape index (κ1) is 23.1. The summed E-state index contributed by atoms with van der Waals surface area (Å²) in [4.78, 5) is 26.9. The Labute approximate surface area is 207 Å². The minimum absolute atomic E-state index is 0.0881. The Hall–Kier alpha value is -3.61. The van der Waals surface area contributed by atoms with Gasteiger partial charge in [0.05, 0.1) is 17.8 Å². The van der Waals surface area contributed by atoms with Gasteiger partial charge in [0.15, 0.2) is 0 Å². The van der Waals surface area contributed by atoms with Crippen molar-refractivity contribution in [2.45, 2.75) is 46.2 Å². The maximum absolute atomic E-state index is 13.0. The van der Waals surface area contributed by atoms with Crippen molar-refractivity contribution in [3.05, 3.63) is 77.0 Å². The molecule has 5 rings (SSSR count). The number of aryl methyl sites for hydroxylation is 1. The van der Waals surface area contributed by atoms with E-state index < -0.39 is 0 Å². The molecular formula is C28H33N5O2. The largest absolute Gasteiger partial charge is 0.438 e. The monoisotopic (exact) mass is 471 g/mol. The highest BCUT2D eigenvalue weighted by atomic mass is 16.5. The van der Waals surface area contributed by atoms with E-state index in [1.165, 1.54) is 5.56 Å². The van der Waals surface area contributed by atoms with Crippen LogP contribution in [0.3, 0.4) is 0 Å². The molecule has 2 amide bonds. The molecule has 1 aromatic heterocycles. The number of anilines is 1. The van der Waals surface area contributed by atoms with Gasteiger partial charge >= 0.3 is 6.03 Å². The standard InChI is InChI=1S/C28H33N5O2/c1-20-8-10-23(11-9-20)35-26-24-19-33(28(34)29-18-22-6-4-3-5-7-22)17-14-25(24)30-27(31-26)32-15-12-21(2)13-16-32/h3-11,21H,12-19H2,1-2H3,(H,29,34). The fourth-order valence-corrected chi connectivity index (χ4v) is 4.58. The van der Waals surface area contributed by atoms with E-state index in [0.29, 0.717) is 31.9 Å². The maximum Gasteiger partial charge on any atom is 0.317 e. The lowest BCUT2D eigenvalue weighted by Gasteiger charge is -2.33. The summed E-state index contributed by atoms with van der Waals surface area (Å²) < 4.78 is 6.31. The van der Waals surface area contributed by atoms with E-state index in [-0.39, 0.29) is 6.03 Å². The number of nitrogens with one attached hydrogen (secondary N) is 1. The molecule has 7 nitrogen and oxygen atoms in total. The van der Waals surface area contributed by atoms with Crippen molar-refractivity contribution in [3.8, 4) is 11.6 Å². The first-order chi connectivity index (χ1) is 17.0. The molecule has 1 N–H and O–H groups in total. The number of hydrogen-bond donors (Lipinski definition) is 1. The maximum atomic E-state index is 13.0. The molecule has 0 bridgehead atoms. The second-order valence-corrected chi connectivity index (χ2v) is 9.65. The molecule has 2 aliphatic rings. The van der Waals surface area contributed by atoms with E-state index in [2.05, 4.69) is 24.1 Å². The van der Waals surface area contributed by atoms with Gasteiger partial charge in [0.25, 0.3) is 0 Å². The van der Waals surface area contributed by atoms with Crippen molar-refractivity contribution in [1.82, 2.24) is 20.2 Å². The van der Waals surface area contributed by atoms with E-state index in [0.717, 1.165) is 60.4 Å². The summed E-state index contributed by atoms with van der Waals surface area (Å²) in [6, 6.07) is 17.8. The number of amides is 2. The number of carbonyl (C=O) groups excluding carboxylic acids is 1. The van der Waals surface area contributed by atoms with Gasteiger partial charge in [0, 0.05) is 32.6 Å². The number of benzene rings is 2. The van der Waals surface area contributed by atoms with E-state index >= 15 is 0 Å². The van der Waals surface area contributed by atoms with Crippen molar-refractivity contribution < 1.29 is 9.53 Å². The third-order valence-electron chi connectivity index (χ3n) is 6.89. The summed E-state index contributed by atoms with van der Waals surface area (Å²) in [5.41, 5.74) is 4.11. The lowest BCUT2D eigenvalue weighted by Crippen LogP contribution is -2.43. The van der Waals surface area contributed by atoms with E-state index in [4.69, 9.17) is 14.7 Å². The third kappa shape index (κ3) is 5.56. The second-order valence-electron chi connectivity index (χ2n) is 9.65. The highest BCUT2D eigenvalue weighted by Gasteiger charge is 2.28. The number of piperidine rings is 1. The normalized spacial score (nSPS) is 16.1. The molecule has 35 heavy (non-hydrogen) atoms. The van der Waals surface area contributed by atoms with Gasteiger partial charge in [-0.2, -0.15) is 4.98 Å². The molecule has 0 saturated carbocycles. The minimum Gasteiger partial charge on any atom is -0.438 e. The Bertz CT molecular complexity index is 1160. The van der Waals surface area contributed by atoms with Gasteiger partial charge in [-0.25, -0.2) is 9.78 Å². The topological polar surface area (TPSA) is 70.6 Å². The van der Waals surface area contributed by atoms with E-state index in [1.807, 2.05) is 59.5 Å². The number of ether oxygens (including phenoxy) is 1. The summed E-state index contributed by atoms with van der Waals surface area (Å²) in [6.07, 6.45) is 2.96. The highest BCUT2D eigenvalue weighted by Crippen LogP contribution is 2.32. The number of fused-ring (bicyclic) bond motifs is 1. The van der Waals surface area contributed by atoms with E-state index in [1.54, 1.807) is 0 Å². The van der Waals surface area contributed by atoms with Gasteiger partial charge in [-0.1, -0.05) is 55.0 Å². The van der Waals surface area contributed by atoms with Crippen LogP contribution in [0, 0.1) is 12.8 Å². The fourth-order valence-electron chi connectivity index (χ4n) is 4.58. The molecule has 0 aliphatic carbocycles. The predicted octanol–water partition coefficient (Wildman–Crippen LogP) is 5.08. The quantitative estimate of drug-likeness (QED) is 0.562. The predicted molar refractivity (Wildman–Crippen MR) is 137 cm³/mol. The molecule has 0 atom stereocenters. The van der Waals surface area contributed by atoms with Crippen LogP contribution in [-0.2, 0) is 19.5 Å². The van der Waals surface area contributed by atoms with Crippen LogP contribution < -0.4 is 15.0 Å². The van der Waals surface area contributed by atoms with Crippen LogP contribution in [0.15, 0.2) is 54.6 Å². The number of nitrogens with zero attached hydrogens (tertiary/aromatic N) is 4. The van der Waals surface area contributed by atoms with Crippen LogP contribution >= 0.6 is 0 Å². The summed E-state index contributed by atoms with van der Waals surface area (Å²) in [5, 5.41) is 3.04. The Kier molecular flexibility index (Phi) is 6.84. The fraction of sp³-hybridized carbons (Fsp3) is 0.393. The number of carbonyl (C=O) groups is 1. The van der Waals surface area contributed by atoms with Crippen molar-refractivity contribution in [2.75, 3.05) is 24.5 Å². The zero-order chi connectivity index (χ0) is 24.2. The first-order valence-electron chi connectivity index (χ1n) is 12.5. The molecule has 3 aromatic rings. The number of aromatic nitrogens is 2. The van der Waals surface area contributed by atoms with Crippen LogP contribution in [0.1, 0.15) is 42.1 Å². The van der Waals surface area contributed by atoms with Crippen molar-refractivity contribution in [2.24, 2.45) is 5.92 Å². The van der Waals surface area contributed by atoms with Gasteiger partial charge in [-0.3, -0.25) is 0 Å². The van der Waals surface area contributed by atoms with Gasteiger partial charge in [0.1, 0.15) is 5.75 Å². The van der Waals surface area contributed by atoms with Crippen LogP contribution in [0.2, 0.25) is 0 Å². The highest BCUT2D eigenvalue weighted by molar-refractivity contribution is 5.74. The van der Waals surface area contributed by atoms with E-state index in [9.17, 15) is 4.79 Å². The molecule has 3 heterocycles. The van der Waals surface area contributed by atoms with Crippen LogP contribution in [0.25, 0.3) is 0 Å². The van der Waals surface area contributed by atoms with Crippen LogP contribution in [0.5, 0.6) is 11.6 Å². The number of urea groups is 1. The lowest BCUT2D eigenvalue weighted by atomic mass is 9.99. The Balaban J connectivity index is 1.38. The zero-order valence-electron chi connectivity index (χ0n) is 20.5. The SMILES string of the molecule is Cc1ccc(Oc2nc(N3CCC(C)CC3)nc3c2CN(C(=O)NCc2ccccc2)CC3)cc1. The molecule has 1 fully saturated rings. The number of rotatable bonds is 5. The lowest BCUT2D eigenvalue weighted by molar-refractivity contribution is 0.190. The average molecular weight is 472 g/mol. The molecule has 182 valence electrons. The molecule has 0 radical (unpaired) electrons. The van der Waals surface area contributed by atoms with Gasteiger partial charge in [-0.15, -0.1) is 0 Å². The Morgan fingerprint density at radius 2 is 1.77 bits per heavy atom. The molecule has 2 aliphatic heterocycles. The molecule has 2 aromatic carbocycles.